The molecule has 72 valence electrons. The molecule has 2 N–H and O–H groups in total. The Morgan fingerprint density at radius 1 is 1.43 bits per heavy atom. The highest BCUT2D eigenvalue weighted by Gasteiger charge is 2.16. The van der Waals surface area contributed by atoms with Crippen molar-refractivity contribution in [3.8, 4) is 5.75 Å². The van der Waals surface area contributed by atoms with Crippen LogP contribution >= 0.6 is 27.3 Å². The number of halogens is 1. The molecule has 0 atom stereocenters. The van der Waals surface area contributed by atoms with Crippen LogP contribution in [0, 0.1) is 0 Å². The van der Waals surface area contributed by atoms with Gasteiger partial charge in [0.1, 0.15) is 10.6 Å². The van der Waals surface area contributed by atoms with Crippen LogP contribution in [0.1, 0.15) is 9.67 Å². The van der Waals surface area contributed by atoms with Gasteiger partial charge in [-0.2, -0.15) is 0 Å². The summed E-state index contributed by atoms with van der Waals surface area (Å²) < 4.78 is 1.12. The molecular formula is C9H5BrO3S. The van der Waals surface area contributed by atoms with Crippen LogP contribution in [0.4, 0.5) is 0 Å². The molecule has 0 amide bonds. The minimum Gasteiger partial charge on any atom is -0.506 e. The van der Waals surface area contributed by atoms with E-state index in [1.54, 1.807) is 12.1 Å². The summed E-state index contributed by atoms with van der Waals surface area (Å²) >= 11 is 4.27. The number of carbonyl (C=O) groups is 1. The molecule has 1 aromatic carbocycles. The Morgan fingerprint density at radius 2 is 2.14 bits per heavy atom. The Balaban J connectivity index is 2.86. The van der Waals surface area contributed by atoms with Crippen LogP contribution in [-0.2, 0) is 0 Å². The fourth-order valence-electron chi connectivity index (χ4n) is 1.21. The molecule has 2 aromatic rings. The fourth-order valence-corrected chi connectivity index (χ4v) is 3.03. The van der Waals surface area contributed by atoms with Crippen LogP contribution in [0.15, 0.2) is 22.7 Å². The van der Waals surface area contributed by atoms with E-state index < -0.39 is 5.97 Å². The zero-order valence-electron chi connectivity index (χ0n) is 6.82. The molecule has 0 saturated carbocycles. The number of rotatable bonds is 1. The second kappa shape index (κ2) is 3.25. The van der Waals surface area contributed by atoms with Gasteiger partial charge in [0.05, 0.1) is 9.17 Å². The lowest BCUT2D eigenvalue weighted by Gasteiger charge is -1.92. The maximum atomic E-state index is 10.8. The van der Waals surface area contributed by atoms with Crippen molar-refractivity contribution in [2.45, 2.75) is 0 Å². The Labute approximate surface area is 91.7 Å². The molecule has 1 aromatic heterocycles. The molecule has 2 rings (SSSR count). The van der Waals surface area contributed by atoms with E-state index in [-0.39, 0.29) is 10.6 Å². The van der Waals surface area contributed by atoms with Crippen molar-refractivity contribution in [2.75, 3.05) is 0 Å². The van der Waals surface area contributed by atoms with E-state index in [0.29, 0.717) is 9.17 Å². The van der Waals surface area contributed by atoms with E-state index >= 15 is 0 Å². The van der Waals surface area contributed by atoms with E-state index in [1.165, 1.54) is 6.07 Å². The number of hydrogen-bond donors (Lipinski definition) is 2. The lowest BCUT2D eigenvalue weighted by molar-refractivity contribution is 0.0701. The monoisotopic (exact) mass is 272 g/mol. The van der Waals surface area contributed by atoms with Crippen molar-refractivity contribution in [3.05, 3.63) is 27.5 Å². The number of hydrogen-bond acceptors (Lipinski definition) is 3. The van der Waals surface area contributed by atoms with Gasteiger partial charge >= 0.3 is 5.97 Å². The highest BCUT2D eigenvalue weighted by molar-refractivity contribution is 9.10. The molecule has 0 radical (unpaired) electrons. The Kier molecular flexibility index (Phi) is 2.20. The van der Waals surface area contributed by atoms with Crippen LogP contribution in [0.2, 0.25) is 0 Å². The third-order valence-electron chi connectivity index (χ3n) is 1.83. The van der Waals surface area contributed by atoms with Crippen LogP contribution in [-0.4, -0.2) is 16.2 Å². The number of phenolic OH excluding ortho intramolecular Hbond substituents is 1. The number of aromatic hydroxyl groups is 1. The van der Waals surface area contributed by atoms with Crippen molar-refractivity contribution >= 4 is 43.3 Å². The zero-order chi connectivity index (χ0) is 10.3. The smallest absolute Gasteiger partial charge is 0.347 e. The maximum absolute atomic E-state index is 10.8. The molecule has 3 nitrogen and oxygen atoms in total. The topological polar surface area (TPSA) is 57.5 Å². The summed E-state index contributed by atoms with van der Waals surface area (Å²) in [4.78, 5) is 11.0. The zero-order valence-corrected chi connectivity index (χ0v) is 9.22. The van der Waals surface area contributed by atoms with Gasteiger partial charge in [0, 0.05) is 5.39 Å². The van der Waals surface area contributed by atoms with Gasteiger partial charge in [0.25, 0.3) is 0 Å². The molecule has 0 unspecified atom stereocenters. The van der Waals surface area contributed by atoms with E-state index in [9.17, 15) is 9.90 Å². The normalized spacial score (nSPS) is 10.6. The van der Waals surface area contributed by atoms with Crippen LogP contribution in [0.25, 0.3) is 10.1 Å². The first-order chi connectivity index (χ1) is 6.61. The Morgan fingerprint density at radius 3 is 2.71 bits per heavy atom. The second-order valence-electron chi connectivity index (χ2n) is 2.70. The molecule has 0 bridgehead atoms. The number of benzene rings is 1. The highest BCUT2D eigenvalue weighted by atomic mass is 79.9. The van der Waals surface area contributed by atoms with Gasteiger partial charge in [-0.05, 0) is 22.0 Å². The molecular weight excluding hydrogens is 268 g/mol. The summed E-state index contributed by atoms with van der Waals surface area (Å²) in [6.45, 7) is 0. The number of carboxylic acids is 1. The minimum atomic E-state index is -0.988. The summed E-state index contributed by atoms with van der Waals surface area (Å²) in [5.41, 5.74) is 0. The van der Waals surface area contributed by atoms with Crippen molar-refractivity contribution in [2.24, 2.45) is 0 Å². The fraction of sp³-hybridized carbons (Fsp3) is 0. The molecule has 0 aliphatic rings. The summed E-state index contributed by atoms with van der Waals surface area (Å²) in [5, 5.41) is 19.1. The summed E-state index contributed by atoms with van der Waals surface area (Å²) in [6, 6.07) is 4.99. The van der Waals surface area contributed by atoms with Gasteiger partial charge in [-0.25, -0.2) is 4.79 Å². The van der Waals surface area contributed by atoms with E-state index in [0.717, 1.165) is 16.7 Å². The molecule has 0 aliphatic carbocycles. The lowest BCUT2D eigenvalue weighted by atomic mass is 10.2. The predicted octanol–water partition coefficient (Wildman–Crippen LogP) is 3.07. The van der Waals surface area contributed by atoms with Crippen LogP contribution < -0.4 is 0 Å². The Hall–Kier alpha value is -1.07. The summed E-state index contributed by atoms with van der Waals surface area (Å²) in [5.74, 6) is -0.877. The van der Waals surface area contributed by atoms with E-state index in [1.807, 2.05) is 0 Å². The van der Waals surface area contributed by atoms with Gasteiger partial charge in [-0.3, -0.25) is 0 Å². The highest BCUT2D eigenvalue weighted by Crippen LogP contribution is 2.39. The molecule has 14 heavy (non-hydrogen) atoms. The largest absolute Gasteiger partial charge is 0.506 e. The molecule has 5 heteroatoms. The van der Waals surface area contributed by atoms with Crippen molar-refractivity contribution in [1.29, 1.82) is 0 Å². The Bertz CT molecular complexity index is 518. The first-order valence-electron chi connectivity index (χ1n) is 3.74. The number of phenols is 1. The molecule has 0 aliphatic heterocycles. The second-order valence-corrected chi connectivity index (χ2v) is 4.52. The molecule has 0 fully saturated rings. The summed E-state index contributed by atoms with van der Waals surface area (Å²) in [6.07, 6.45) is 0. The van der Waals surface area contributed by atoms with E-state index in [2.05, 4.69) is 15.9 Å². The standard InChI is InChI=1S/C9H5BrO3S/c10-6-4-2-1-3-5(11)7(4)14-8(6)9(12)13/h1-3,11H,(H,12,13). The molecule has 1 heterocycles. The number of aromatic carboxylic acids is 1. The first kappa shape index (κ1) is 9.48. The van der Waals surface area contributed by atoms with Crippen LogP contribution in [0.5, 0.6) is 5.75 Å². The summed E-state index contributed by atoms with van der Waals surface area (Å²) in [7, 11) is 0. The average molecular weight is 273 g/mol. The van der Waals surface area contributed by atoms with Crippen molar-refractivity contribution in [1.82, 2.24) is 0 Å². The average Bonchev–Trinajstić information content (AvgIpc) is 2.46. The SMILES string of the molecule is O=C(O)c1sc2c(O)cccc2c1Br. The number of carboxylic acid groups (broad SMARTS) is 1. The predicted molar refractivity (Wildman–Crippen MR) is 58.1 cm³/mol. The molecule has 0 saturated heterocycles. The maximum Gasteiger partial charge on any atom is 0.347 e. The van der Waals surface area contributed by atoms with Gasteiger partial charge in [0.15, 0.2) is 0 Å². The number of fused-ring (bicyclic) bond motifs is 1. The first-order valence-corrected chi connectivity index (χ1v) is 5.35. The third-order valence-corrected chi connectivity index (χ3v) is 4.13. The van der Waals surface area contributed by atoms with Crippen LogP contribution in [0.3, 0.4) is 0 Å². The van der Waals surface area contributed by atoms with Crippen molar-refractivity contribution < 1.29 is 15.0 Å². The van der Waals surface area contributed by atoms with Gasteiger partial charge in [-0.15, -0.1) is 11.3 Å². The van der Waals surface area contributed by atoms with E-state index in [4.69, 9.17) is 5.11 Å². The van der Waals surface area contributed by atoms with Gasteiger partial charge in [-0.1, -0.05) is 12.1 Å². The minimum absolute atomic E-state index is 0.112. The van der Waals surface area contributed by atoms with Crippen molar-refractivity contribution in [3.63, 3.8) is 0 Å². The third kappa shape index (κ3) is 1.29. The quantitative estimate of drug-likeness (QED) is 0.839. The lowest BCUT2D eigenvalue weighted by Crippen LogP contribution is -1.91. The van der Waals surface area contributed by atoms with Gasteiger partial charge in [0.2, 0.25) is 0 Å². The number of thiophene rings is 1. The van der Waals surface area contributed by atoms with Gasteiger partial charge < -0.3 is 10.2 Å². The molecule has 0 spiro atoms.